The van der Waals surface area contributed by atoms with Crippen LogP contribution in [0.4, 0.5) is 5.13 Å². The highest BCUT2D eigenvalue weighted by Gasteiger charge is 2.37. The van der Waals surface area contributed by atoms with Gasteiger partial charge in [-0.15, -0.1) is 11.3 Å². The van der Waals surface area contributed by atoms with Crippen molar-refractivity contribution in [2.24, 2.45) is 11.3 Å². The second-order valence-corrected chi connectivity index (χ2v) is 6.14. The Morgan fingerprint density at radius 1 is 1.47 bits per heavy atom. The van der Waals surface area contributed by atoms with Gasteiger partial charge in [0, 0.05) is 11.1 Å². The van der Waals surface area contributed by atoms with Crippen molar-refractivity contribution >= 4 is 28.3 Å². The third kappa shape index (κ3) is 3.52. The van der Waals surface area contributed by atoms with Crippen molar-refractivity contribution in [1.29, 1.82) is 0 Å². The summed E-state index contributed by atoms with van der Waals surface area (Å²) in [7, 11) is 0. The molecule has 0 fully saturated rings. The van der Waals surface area contributed by atoms with E-state index in [4.69, 9.17) is 5.11 Å². The van der Waals surface area contributed by atoms with Crippen molar-refractivity contribution < 1.29 is 14.7 Å². The standard InChI is InChI=1S/C11H16N2O3S/c1-6-5-12-10(17-6)13-8(14)7(9(15)16)11(2,3)4/h5,7H,1-4H3,(H,15,16)(H,12,13,14). The van der Waals surface area contributed by atoms with Crippen LogP contribution in [0.3, 0.4) is 0 Å². The van der Waals surface area contributed by atoms with Gasteiger partial charge in [-0.1, -0.05) is 20.8 Å². The van der Waals surface area contributed by atoms with Gasteiger partial charge in [0.25, 0.3) is 0 Å². The minimum absolute atomic E-state index is 0.433. The maximum Gasteiger partial charge on any atom is 0.316 e. The summed E-state index contributed by atoms with van der Waals surface area (Å²) in [6.07, 6.45) is 1.63. The second-order valence-electron chi connectivity index (χ2n) is 4.90. The number of aliphatic carboxylic acids is 1. The molecule has 0 aliphatic heterocycles. The van der Waals surface area contributed by atoms with Crippen molar-refractivity contribution in [3.63, 3.8) is 0 Å². The Morgan fingerprint density at radius 3 is 2.41 bits per heavy atom. The van der Waals surface area contributed by atoms with Gasteiger partial charge in [0.15, 0.2) is 5.13 Å². The van der Waals surface area contributed by atoms with Gasteiger partial charge >= 0.3 is 5.97 Å². The fraction of sp³-hybridized carbons (Fsp3) is 0.545. The van der Waals surface area contributed by atoms with Crippen molar-refractivity contribution in [2.75, 3.05) is 5.32 Å². The molecule has 5 nitrogen and oxygen atoms in total. The highest BCUT2D eigenvalue weighted by atomic mass is 32.1. The molecule has 0 aliphatic carbocycles. The van der Waals surface area contributed by atoms with Gasteiger partial charge < -0.3 is 10.4 Å². The van der Waals surface area contributed by atoms with Crippen LogP contribution in [0.2, 0.25) is 0 Å². The van der Waals surface area contributed by atoms with Crippen molar-refractivity contribution in [1.82, 2.24) is 4.98 Å². The normalized spacial score (nSPS) is 13.2. The van der Waals surface area contributed by atoms with Gasteiger partial charge in [-0.3, -0.25) is 9.59 Å². The molecule has 0 bridgehead atoms. The van der Waals surface area contributed by atoms with Crippen molar-refractivity contribution in [3.8, 4) is 0 Å². The SMILES string of the molecule is Cc1cnc(NC(=O)C(C(=O)O)C(C)(C)C)s1. The van der Waals surface area contributed by atoms with E-state index in [0.717, 1.165) is 4.88 Å². The molecule has 1 heterocycles. The first-order valence-electron chi connectivity index (χ1n) is 5.18. The van der Waals surface area contributed by atoms with E-state index in [2.05, 4.69) is 10.3 Å². The lowest BCUT2D eigenvalue weighted by molar-refractivity contribution is -0.149. The van der Waals surface area contributed by atoms with Gasteiger partial charge in [-0.05, 0) is 12.3 Å². The van der Waals surface area contributed by atoms with Crippen molar-refractivity contribution in [2.45, 2.75) is 27.7 Å². The van der Waals surface area contributed by atoms with E-state index in [1.165, 1.54) is 11.3 Å². The molecule has 6 heteroatoms. The van der Waals surface area contributed by atoms with Gasteiger partial charge in [-0.25, -0.2) is 4.98 Å². The highest BCUT2D eigenvalue weighted by molar-refractivity contribution is 7.15. The molecular formula is C11H16N2O3S. The molecule has 0 saturated carbocycles. The van der Waals surface area contributed by atoms with Crippen LogP contribution in [0.5, 0.6) is 0 Å². The number of carbonyl (C=O) groups excluding carboxylic acids is 1. The first-order chi connectivity index (χ1) is 7.71. The Labute approximate surface area is 104 Å². The smallest absolute Gasteiger partial charge is 0.316 e. The van der Waals surface area contributed by atoms with Crippen LogP contribution >= 0.6 is 11.3 Å². The number of carboxylic acids is 1. The number of nitrogens with zero attached hydrogens (tertiary/aromatic N) is 1. The topological polar surface area (TPSA) is 79.3 Å². The fourth-order valence-corrected chi connectivity index (χ4v) is 2.13. The lowest BCUT2D eigenvalue weighted by Crippen LogP contribution is -2.39. The molecule has 2 N–H and O–H groups in total. The molecule has 0 saturated heterocycles. The minimum atomic E-state index is -1.12. The van der Waals surface area contributed by atoms with Crippen LogP contribution in [0.15, 0.2) is 6.20 Å². The molecule has 1 rings (SSSR count). The monoisotopic (exact) mass is 256 g/mol. The number of thiazole rings is 1. The van der Waals surface area contributed by atoms with E-state index in [0.29, 0.717) is 5.13 Å². The Balaban J connectivity index is 2.84. The number of carbonyl (C=O) groups is 2. The molecule has 94 valence electrons. The zero-order valence-electron chi connectivity index (χ0n) is 10.3. The van der Waals surface area contributed by atoms with Crippen LogP contribution in [0.25, 0.3) is 0 Å². The summed E-state index contributed by atoms with van der Waals surface area (Å²) < 4.78 is 0. The van der Waals surface area contributed by atoms with E-state index in [-0.39, 0.29) is 0 Å². The number of aromatic nitrogens is 1. The van der Waals surface area contributed by atoms with Crippen LogP contribution in [-0.4, -0.2) is 22.0 Å². The molecule has 0 spiro atoms. The minimum Gasteiger partial charge on any atom is -0.481 e. The molecular weight excluding hydrogens is 240 g/mol. The van der Waals surface area contributed by atoms with Gasteiger partial charge in [0.1, 0.15) is 5.92 Å². The molecule has 0 aliphatic rings. The predicted molar refractivity (Wildman–Crippen MR) is 66.1 cm³/mol. The van der Waals surface area contributed by atoms with E-state index in [9.17, 15) is 9.59 Å². The summed E-state index contributed by atoms with van der Waals surface area (Å²) in [5, 5.41) is 12.1. The summed E-state index contributed by atoms with van der Waals surface area (Å²) in [5.41, 5.74) is -0.637. The van der Waals surface area contributed by atoms with Crippen LogP contribution in [0, 0.1) is 18.3 Å². The summed E-state index contributed by atoms with van der Waals surface area (Å²) in [6.45, 7) is 7.03. The van der Waals surface area contributed by atoms with Crippen LogP contribution in [0.1, 0.15) is 25.6 Å². The van der Waals surface area contributed by atoms with Crippen molar-refractivity contribution in [3.05, 3.63) is 11.1 Å². The van der Waals surface area contributed by atoms with E-state index in [1.807, 2.05) is 6.92 Å². The van der Waals surface area contributed by atoms with Crippen LogP contribution in [-0.2, 0) is 9.59 Å². The van der Waals surface area contributed by atoms with Crippen LogP contribution < -0.4 is 5.32 Å². The largest absolute Gasteiger partial charge is 0.481 e. The quantitative estimate of drug-likeness (QED) is 0.812. The number of hydrogen-bond acceptors (Lipinski definition) is 4. The zero-order chi connectivity index (χ0) is 13.2. The van der Waals surface area contributed by atoms with Gasteiger partial charge in [0.2, 0.25) is 5.91 Å². The summed E-state index contributed by atoms with van der Waals surface area (Å²) in [6, 6.07) is 0. The first-order valence-corrected chi connectivity index (χ1v) is 5.99. The zero-order valence-corrected chi connectivity index (χ0v) is 11.1. The van der Waals surface area contributed by atoms with E-state index < -0.39 is 23.2 Å². The molecule has 1 aromatic rings. The Bertz CT molecular complexity index is 434. The molecule has 1 aromatic heterocycles. The Hall–Kier alpha value is -1.43. The molecule has 0 radical (unpaired) electrons. The average molecular weight is 256 g/mol. The number of nitrogens with one attached hydrogen (secondary N) is 1. The molecule has 1 unspecified atom stereocenters. The number of hydrogen-bond donors (Lipinski definition) is 2. The van der Waals surface area contributed by atoms with E-state index >= 15 is 0 Å². The summed E-state index contributed by atoms with van der Waals surface area (Å²) in [5.74, 6) is -2.74. The number of aryl methyl sites for hydroxylation is 1. The lowest BCUT2D eigenvalue weighted by Gasteiger charge is -2.25. The second kappa shape index (κ2) is 4.83. The molecule has 1 amide bonds. The number of anilines is 1. The number of rotatable bonds is 3. The molecule has 17 heavy (non-hydrogen) atoms. The Kier molecular flexibility index (Phi) is 3.87. The Morgan fingerprint density at radius 2 is 2.06 bits per heavy atom. The highest BCUT2D eigenvalue weighted by Crippen LogP contribution is 2.28. The third-order valence-electron chi connectivity index (χ3n) is 2.23. The lowest BCUT2D eigenvalue weighted by atomic mass is 9.80. The molecule has 1 atom stereocenters. The average Bonchev–Trinajstić information content (AvgIpc) is 2.46. The van der Waals surface area contributed by atoms with Gasteiger partial charge in [-0.2, -0.15) is 0 Å². The fourth-order valence-electron chi connectivity index (χ4n) is 1.47. The predicted octanol–water partition coefficient (Wildman–Crippen LogP) is 2.14. The maximum atomic E-state index is 11.9. The maximum absolute atomic E-state index is 11.9. The number of carboxylic acid groups (broad SMARTS) is 1. The molecule has 0 aromatic carbocycles. The van der Waals surface area contributed by atoms with E-state index in [1.54, 1.807) is 27.0 Å². The van der Waals surface area contributed by atoms with Gasteiger partial charge in [0.05, 0.1) is 0 Å². The summed E-state index contributed by atoms with van der Waals surface area (Å²) in [4.78, 5) is 27.9. The third-order valence-corrected chi connectivity index (χ3v) is 3.05. The number of amides is 1. The first kappa shape index (κ1) is 13.6. The summed E-state index contributed by atoms with van der Waals surface area (Å²) >= 11 is 1.32.